The maximum absolute atomic E-state index is 3.23. The number of H-pyrrole nitrogens is 1. The molecule has 1 aromatic heterocycles. The molecule has 0 aliphatic carbocycles. The number of aromatic nitrogens is 1. The standard InChI is InChI=1S/C13H15N/c1-13(2,3)11-6-7-12-10(9-11)5-4-8-14-12/h4-9H,1-3H3/p+1. The molecule has 0 aliphatic heterocycles. The minimum atomic E-state index is 0.226. The van der Waals surface area contributed by atoms with Crippen molar-refractivity contribution in [1.82, 2.24) is 0 Å². The molecule has 1 heteroatoms. The lowest BCUT2D eigenvalue weighted by atomic mass is 9.86. The average Bonchev–Trinajstić information content (AvgIpc) is 2.16. The van der Waals surface area contributed by atoms with Gasteiger partial charge in [-0.05, 0) is 23.1 Å². The molecule has 72 valence electrons. The third-order valence-corrected chi connectivity index (χ3v) is 2.53. The Morgan fingerprint density at radius 2 is 1.86 bits per heavy atom. The van der Waals surface area contributed by atoms with Crippen LogP contribution in [0.2, 0.25) is 0 Å². The lowest BCUT2D eigenvalue weighted by Gasteiger charge is -2.18. The molecule has 1 N–H and O–H groups in total. The summed E-state index contributed by atoms with van der Waals surface area (Å²) in [5, 5.41) is 1.28. The minimum absolute atomic E-state index is 0.226. The van der Waals surface area contributed by atoms with Gasteiger partial charge in [0.05, 0.1) is 0 Å². The smallest absolute Gasteiger partial charge is 0.210 e. The van der Waals surface area contributed by atoms with Crippen molar-refractivity contribution in [3.8, 4) is 0 Å². The molecule has 0 fully saturated rings. The molecule has 0 amide bonds. The summed E-state index contributed by atoms with van der Waals surface area (Å²) in [5.41, 5.74) is 2.80. The Hall–Kier alpha value is -1.37. The maximum Gasteiger partial charge on any atom is 0.210 e. The normalized spacial score (nSPS) is 11.9. The second-order valence-corrected chi connectivity index (χ2v) is 4.72. The zero-order valence-electron chi connectivity index (χ0n) is 8.96. The number of nitrogens with one attached hydrogen (secondary N) is 1. The zero-order chi connectivity index (χ0) is 10.2. The van der Waals surface area contributed by atoms with Gasteiger partial charge in [-0.2, -0.15) is 0 Å². The fourth-order valence-electron chi connectivity index (χ4n) is 1.59. The quantitative estimate of drug-likeness (QED) is 0.600. The first-order valence-electron chi connectivity index (χ1n) is 4.98. The highest BCUT2D eigenvalue weighted by atomic mass is 14.6. The molecule has 0 spiro atoms. The zero-order valence-corrected chi connectivity index (χ0v) is 8.96. The SMILES string of the molecule is CC(C)(C)c1ccc2[nH+]cccc2c1. The maximum atomic E-state index is 3.23. The Balaban J connectivity index is 2.63. The minimum Gasteiger partial charge on any atom is -0.211 e. The number of pyridine rings is 1. The van der Waals surface area contributed by atoms with Crippen molar-refractivity contribution in [3.63, 3.8) is 0 Å². The third kappa shape index (κ3) is 1.63. The highest BCUT2D eigenvalue weighted by molar-refractivity contribution is 5.76. The molecule has 0 aliphatic rings. The van der Waals surface area contributed by atoms with E-state index in [2.05, 4.69) is 50.0 Å². The highest BCUT2D eigenvalue weighted by Gasteiger charge is 2.14. The van der Waals surface area contributed by atoms with E-state index in [-0.39, 0.29) is 5.41 Å². The Morgan fingerprint density at radius 1 is 1.07 bits per heavy atom. The van der Waals surface area contributed by atoms with E-state index in [0.717, 1.165) is 0 Å². The summed E-state index contributed by atoms with van der Waals surface area (Å²) in [6, 6.07) is 10.8. The topological polar surface area (TPSA) is 14.1 Å². The molecular weight excluding hydrogens is 170 g/mol. The molecule has 0 radical (unpaired) electrons. The van der Waals surface area contributed by atoms with Crippen LogP contribution < -0.4 is 4.98 Å². The first-order valence-corrected chi connectivity index (χ1v) is 4.98. The van der Waals surface area contributed by atoms with Crippen LogP contribution in [0.15, 0.2) is 36.5 Å². The van der Waals surface area contributed by atoms with E-state index in [9.17, 15) is 0 Å². The molecule has 0 unspecified atom stereocenters. The number of benzene rings is 1. The van der Waals surface area contributed by atoms with Crippen molar-refractivity contribution >= 4 is 10.9 Å². The Kier molecular flexibility index (Phi) is 2.03. The van der Waals surface area contributed by atoms with E-state index in [4.69, 9.17) is 0 Å². The van der Waals surface area contributed by atoms with Gasteiger partial charge in [0.25, 0.3) is 0 Å². The van der Waals surface area contributed by atoms with Gasteiger partial charge in [-0.3, -0.25) is 0 Å². The van der Waals surface area contributed by atoms with Gasteiger partial charge in [0.1, 0.15) is 0 Å². The first kappa shape index (κ1) is 9.20. The van der Waals surface area contributed by atoms with Gasteiger partial charge in [-0.1, -0.05) is 26.8 Å². The molecule has 0 atom stereocenters. The number of hydrogen-bond acceptors (Lipinski definition) is 0. The van der Waals surface area contributed by atoms with Gasteiger partial charge in [0, 0.05) is 17.5 Å². The van der Waals surface area contributed by atoms with Crippen LogP contribution in [0.3, 0.4) is 0 Å². The summed E-state index contributed by atoms with van der Waals surface area (Å²) in [6.07, 6.45) is 1.96. The Bertz CT molecular complexity index is 452. The van der Waals surface area contributed by atoms with Gasteiger partial charge in [-0.25, -0.2) is 4.98 Å². The number of rotatable bonds is 0. The van der Waals surface area contributed by atoms with Crippen LogP contribution in [0.4, 0.5) is 0 Å². The van der Waals surface area contributed by atoms with Gasteiger partial charge in [0.15, 0.2) is 6.20 Å². The second kappa shape index (κ2) is 3.09. The molecule has 0 saturated carbocycles. The molecule has 1 nitrogen and oxygen atoms in total. The van der Waals surface area contributed by atoms with Crippen molar-refractivity contribution in [2.45, 2.75) is 26.2 Å². The van der Waals surface area contributed by atoms with Gasteiger partial charge in [0.2, 0.25) is 5.52 Å². The van der Waals surface area contributed by atoms with Crippen molar-refractivity contribution in [2.24, 2.45) is 0 Å². The van der Waals surface area contributed by atoms with Crippen LogP contribution in [0.25, 0.3) is 10.9 Å². The van der Waals surface area contributed by atoms with Crippen molar-refractivity contribution in [1.29, 1.82) is 0 Å². The molecule has 14 heavy (non-hydrogen) atoms. The van der Waals surface area contributed by atoms with Crippen LogP contribution in [0, 0.1) is 0 Å². The van der Waals surface area contributed by atoms with E-state index in [1.54, 1.807) is 0 Å². The van der Waals surface area contributed by atoms with Crippen LogP contribution in [0.5, 0.6) is 0 Å². The van der Waals surface area contributed by atoms with E-state index in [1.807, 2.05) is 12.3 Å². The van der Waals surface area contributed by atoms with Crippen LogP contribution in [-0.2, 0) is 5.41 Å². The van der Waals surface area contributed by atoms with E-state index >= 15 is 0 Å². The Morgan fingerprint density at radius 3 is 2.57 bits per heavy atom. The van der Waals surface area contributed by atoms with E-state index in [1.165, 1.54) is 16.5 Å². The average molecular weight is 186 g/mol. The summed E-state index contributed by atoms with van der Waals surface area (Å²) >= 11 is 0. The predicted octanol–water partition coefficient (Wildman–Crippen LogP) is 2.95. The molecule has 2 rings (SSSR count). The second-order valence-electron chi connectivity index (χ2n) is 4.72. The fraction of sp³-hybridized carbons (Fsp3) is 0.308. The van der Waals surface area contributed by atoms with Gasteiger partial charge < -0.3 is 0 Å². The molecule has 1 heterocycles. The number of fused-ring (bicyclic) bond motifs is 1. The third-order valence-electron chi connectivity index (χ3n) is 2.53. The predicted molar refractivity (Wildman–Crippen MR) is 59.2 cm³/mol. The van der Waals surface area contributed by atoms with Gasteiger partial charge in [-0.15, -0.1) is 0 Å². The van der Waals surface area contributed by atoms with Crippen LogP contribution in [-0.4, -0.2) is 0 Å². The summed E-state index contributed by atoms with van der Waals surface area (Å²) in [4.78, 5) is 3.23. The summed E-state index contributed by atoms with van der Waals surface area (Å²) in [6.45, 7) is 6.71. The van der Waals surface area contributed by atoms with Gasteiger partial charge >= 0.3 is 0 Å². The summed E-state index contributed by atoms with van der Waals surface area (Å²) in [5.74, 6) is 0. The fourth-order valence-corrected chi connectivity index (χ4v) is 1.59. The monoisotopic (exact) mass is 186 g/mol. The van der Waals surface area contributed by atoms with E-state index in [0.29, 0.717) is 0 Å². The highest BCUT2D eigenvalue weighted by Crippen LogP contribution is 2.24. The van der Waals surface area contributed by atoms with Crippen molar-refractivity contribution in [3.05, 3.63) is 42.1 Å². The molecule has 2 aromatic rings. The Labute approximate surface area is 84.8 Å². The molecule has 0 saturated heterocycles. The summed E-state index contributed by atoms with van der Waals surface area (Å²) < 4.78 is 0. The molecular formula is C13H16N+. The largest absolute Gasteiger partial charge is 0.211 e. The lowest BCUT2D eigenvalue weighted by Crippen LogP contribution is -2.11. The van der Waals surface area contributed by atoms with E-state index < -0.39 is 0 Å². The molecule has 0 bridgehead atoms. The van der Waals surface area contributed by atoms with Crippen LogP contribution in [0.1, 0.15) is 26.3 Å². The summed E-state index contributed by atoms with van der Waals surface area (Å²) in [7, 11) is 0. The number of hydrogen-bond donors (Lipinski definition) is 0. The van der Waals surface area contributed by atoms with Crippen molar-refractivity contribution in [2.75, 3.05) is 0 Å². The van der Waals surface area contributed by atoms with Crippen LogP contribution >= 0.6 is 0 Å². The van der Waals surface area contributed by atoms with Crippen molar-refractivity contribution < 1.29 is 4.98 Å². The number of aromatic amines is 1. The lowest BCUT2D eigenvalue weighted by molar-refractivity contribution is -0.344. The molecule has 1 aromatic carbocycles. The first-order chi connectivity index (χ1) is 6.57.